The van der Waals surface area contributed by atoms with Gasteiger partial charge in [0, 0.05) is 37.8 Å². The Morgan fingerprint density at radius 3 is 1.67 bits per heavy atom. The van der Waals surface area contributed by atoms with Gasteiger partial charge in [0.25, 0.3) is 11.4 Å². The summed E-state index contributed by atoms with van der Waals surface area (Å²) in [4.78, 5) is 45.4. The van der Waals surface area contributed by atoms with Crippen LogP contribution in [0.2, 0.25) is 0 Å². The maximum atomic E-state index is 12.5. The first-order valence-electron chi connectivity index (χ1n) is 9.78. The Kier molecular flexibility index (Phi) is 7.30. The molecule has 1 heterocycles. The molecule has 12 nitrogen and oxygen atoms in total. The molecule has 0 spiro atoms. The predicted molar refractivity (Wildman–Crippen MR) is 111 cm³/mol. The van der Waals surface area contributed by atoms with Gasteiger partial charge in [-0.15, -0.1) is 0 Å². The third-order valence-electron chi connectivity index (χ3n) is 5.02. The number of methoxy groups -OCH3 is 1. The summed E-state index contributed by atoms with van der Waals surface area (Å²) < 4.78 is 21.9. The third kappa shape index (κ3) is 5.67. The number of carbonyl (C=O) groups is 2. The topological polar surface area (TPSA) is 157 Å². The van der Waals surface area contributed by atoms with Crippen molar-refractivity contribution in [3.05, 3.63) is 79.9 Å². The molecule has 0 aliphatic carbocycles. The Hall–Kier alpha value is -3.90. The molecular weight excluding hydrogens is 440 g/mol. The first-order valence-corrected chi connectivity index (χ1v) is 9.78. The Morgan fingerprint density at radius 2 is 1.27 bits per heavy atom. The minimum atomic E-state index is -0.927. The molecular formula is C21H20N2O10. The van der Waals surface area contributed by atoms with Gasteiger partial charge in [0.15, 0.2) is 12.4 Å². The number of ether oxygens (including phenoxy) is 4. The Labute approximate surface area is 187 Å². The van der Waals surface area contributed by atoms with E-state index in [1.165, 1.54) is 55.6 Å². The largest absolute Gasteiger partial charge is 0.456 e. The SMILES string of the molecule is CO[C@@H]1O[C@H](C)[C@H](OC(=O)c2ccc([N+](=O)[O-])cc2)C[C@@H]1OC(=O)c1ccc([N+](=O)[O-])cc1. The number of nitro benzene ring substituents is 2. The Bertz CT molecular complexity index is 1040. The molecule has 2 aromatic rings. The van der Waals surface area contributed by atoms with E-state index in [4.69, 9.17) is 18.9 Å². The quantitative estimate of drug-likeness (QED) is 0.341. The van der Waals surface area contributed by atoms with Gasteiger partial charge in [0.1, 0.15) is 6.10 Å². The number of hydrogen-bond acceptors (Lipinski definition) is 10. The average molecular weight is 460 g/mol. The second kappa shape index (κ2) is 10.1. The van der Waals surface area contributed by atoms with E-state index >= 15 is 0 Å². The first kappa shape index (κ1) is 23.8. The molecule has 0 amide bonds. The number of nitrogens with zero attached hydrogens (tertiary/aromatic N) is 2. The zero-order chi connectivity index (χ0) is 24.1. The fraction of sp³-hybridized carbons (Fsp3) is 0.333. The second-order valence-electron chi connectivity index (χ2n) is 7.18. The lowest BCUT2D eigenvalue weighted by Crippen LogP contribution is -2.50. The molecule has 0 unspecified atom stereocenters. The van der Waals surface area contributed by atoms with Crippen LogP contribution in [0.25, 0.3) is 0 Å². The lowest BCUT2D eigenvalue weighted by molar-refractivity contribution is -0.385. The summed E-state index contributed by atoms with van der Waals surface area (Å²) in [5.74, 6) is -1.47. The molecule has 0 saturated carbocycles. The number of rotatable bonds is 7. The molecule has 0 radical (unpaired) electrons. The van der Waals surface area contributed by atoms with E-state index in [0.717, 1.165) is 0 Å². The lowest BCUT2D eigenvalue weighted by Gasteiger charge is -2.38. The van der Waals surface area contributed by atoms with Crippen LogP contribution in [0.1, 0.15) is 34.1 Å². The van der Waals surface area contributed by atoms with Crippen LogP contribution in [0.15, 0.2) is 48.5 Å². The maximum Gasteiger partial charge on any atom is 0.338 e. The fourth-order valence-corrected chi connectivity index (χ4v) is 3.22. The molecule has 1 aliphatic heterocycles. The number of benzene rings is 2. The van der Waals surface area contributed by atoms with E-state index in [1.54, 1.807) is 6.92 Å². The Balaban J connectivity index is 1.68. The van der Waals surface area contributed by atoms with Crippen molar-refractivity contribution in [2.45, 2.75) is 37.9 Å². The van der Waals surface area contributed by atoms with Crippen LogP contribution in [0.3, 0.4) is 0 Å². The first-order chi connectivity index (χ1) is 15.7. The van der Waals surface area contributed by atoms with Crippen LogP contribution in [-0.2, 0) is 18.9 Å². The molecule has 0 aromatic heterocycles. The molecule has 1 aliphatic rings. The van der Waals surface area contributed by atoms with E-state index in [-0.39, 0.29) is 28.9 Å². The molecule has 0 bridgehead atoms. The summed E-state index contributed by atoms with van der Waals surface area (Å²) in [5, 5.41) is 21.5. The van der Waals surface area contributed by atoms with E-state index in [0.29, 0.717) is 0 Å². The van der Waals surface area contributed by atoms with Crippen molar-refractivity contribution >= 4 is 23.3 Å². The van der Waals surface area contributed by atoms with Crippen LogP contribution in [0.5, 0.6) is 0 Å². The highest BCUT2D eigenvalue weighted by molar-refractivity contribution is 5.90. The highest BCUT2D eigenvalue weighted by Crippen LogP contribution is 2.27. The number of esters is 2. The minimum absolute atomic E-state index is 0.0666. The minimum Gasteiger partial charge on any atom is -0.456 e. The fourth-order valence-electron chi connectivity index (χ4n) is 3.22. The summed E-state index contributed by atoms with van der Waals surface area (Å²) in [6, 6.07) is 9.82. The van der Waals surface area contributed by atoms with Gasteiger partial charge in [0.2, 0.25) is 0 Å². The van der Waals surface area contributed by atoms with Crippen LogP contribution < -0.4 is 0 Å². The molecule has 4 atom stereocenters. The monoisotopic (exact) mass is 460 g/mol. The van der Waals surface area contributed by atoms with Crippen molar-refractivity contribution in [3.63, 3.8) is 0 Å². The zero-order valence-electron chi connectivity index (χ0n) is 17.6. The number of carbonyl (C=O) groups excluding carboxylic acids is 2. The van der Waals surface area contributed by atoms with Gasteiger partial charge in [-0.2, -0.15) is 0 Å². The molecule has 12 heteroatoms. The Morgan fingerprint density at radius 1 is 0.848 bits per heavy atom. The molecule has 1 saturated heterocycles. The second-order valence-corrected chi connectivity index (χ2v) is 7.18. The predicted octanol–water partition coefficient (Wildman–Crippen LogP) is 3.04. The van der Waals surface area contributed by atoms with Gasteiger partial charge in [-0.1, -0.05) is 0 Å². The van der Waals surface area contributed by atoms with Gasteiger partial charge in [0.05, 0.1) is 27.1 Å². The molecule has 3 rings (SSSR count). The maximum absolute atomic E-state index is 12.5. The summed E-state index contributed by atoms with van der Waals surface area (Å²) in [7, 11) is 1.37. The standard InChI is InChI=1S/C21H20N2O10/c1-12-17(32-19(24)13-3-7-15(8-4-13)22(26)27)11-18(21(30-2)31-12)33-20(25)14-5-9-16(10-6-14)23(28)29/h3-10,12,17-18,21H,11H2,1-2H3/t12-,17-,18+,21-/m1/s1. The van der Waals surface area contributed by atoms with E-state index in [9.17, 15) is 29.8 Å². The molecule has 1 fully saturated rings. The van der Waals surface area contributed by atoms with Crippen LogP contribution in [0, 0.1) is 20.2 Å². The molecule has 33 heavy (non-hydrogen) atoms. The van der Waals surface area contributed by atoms with Crippen molar-refractivity contribution in [1.29, 1.82) is 0 Å². The van der Waals surface area contributed by atoms with Gasteiger partial charge in [-0.25, -0.2) is 9.59 Å². The number of non-ortho nitro benzene ring substituents is 2. The van der Waals surface area contributed by atoms with E-state index in [2.05, 4.69) is 0 Å². The zero-order valence-corrected chi connectivity index (χ0v) is 17.6. The van der Waals surface area contributed by atoms with Gasteiger partial charge < -0.3 is 18.9 Å². The van der Waals surface area contributed by atoms with Crippen molar-refractivity contribution in [2.75, 3.05) is 7.11 Å². The number of nitro groups is 2. The average Bonchev–Trinajstić information content (AvgIpc) is 2.80. The van der Waals surface area contributed by atoms with Crippen molar-refractivity contribution < 1.29 is 38.4 Å². The highest BCUT2D eigenvalue weighted by Gasteiger charge is 2.40. The summed E-state index contributed by atoms with van der Waals surface area (Å²) in [5.41, 5.74) is -0.133. The molecule has 2 aromatic carbocycles. The van der Waals surface area contributed by atoms with Crippen LogP contribution in [-0.4, -0.2) is 53.5 Å². The van der Waals surface area contributed by atoms with E-state index in [1.807, 2.05) is 0 Å². The number of hydrogen-bond donors (Lipinski definition) is 0. The summed E-state index contributed by atoms with van der Waals surface area (Å²) >= 11 is 0. The molecule has 174 valence electrons. The van der Waals surface area contributed by atoms with Gasteiger partial charge >= 0.3 is 11.9 Å². The van der Waals surface area contributed by atoms with Gasteiger partial charge in [-0.3, -0.25) is 20.2 Å². The summed E-state index contributed by atoms with van der Waals surface area (Å²) in [6.07, 6.45) is -3.17. The van der Waals surface area contributed by atoms with E-state index < -0.39 is 46.4 Å². The summed E-state index contributed by atoms with van der Waals surface area (Å²) in [6.45, 7) is 1.66. The van der Waals surface area contributed by atoms with Crippen molar-refractivity contribution in [1.82, 2.24) is 0 Å². The van der Waals surface area contributed by atoms with Crippen LogP contribution >= 0.6 is 0 Å². The molecule has 0 N–H and O–H groups in total. The van der Waals surface area contributed by atoms with Crippen molar-refractivity contribution in [2.24, 2.45) is 0 Å². The lowest BCUT2D eigenvalue weighted by atomic mass is 10.0. The van der Waals surface area contributed by atoms with Crippen molar-refractivity contribution in [3.8, 4) is 0 Å². The highest BCUT2D eigenvalue weighted by atomic mass is 16.7. The smallest absolute Gasteiger partial charge is 0.338 e. The third-order valence-corrected chi connectivity index (χ3v) is 5.02. The van der Waals surface area contributed by atoms with Gasteiger partial charge in [-0.05, 0) is 31.2 Å². The van der Waals surface area contributed by atoms with Crippen LogP contribution in [0.4, 0.5) is 11.4 Å². The normalized spacial score (nSPS) is 22.2.